The molecule has 0 saturated heterocycles. The number of hydrogen-bond donors (Lipinski definition) is 2. The number of anilines is 2. The number of nitro benzene ring substituents is 1. The summed E-state index contributed by atoms with van der Waals surface area (Å²) in [6.07, 6.45) is 0. The van der Waals surface area contributed by atoms with Gasteiger partial charge in [0.15, 0.2) is 0 Å². The van der Waals surface area contributed by atoms with Crippen LogP contribution in [0.2, 0.25) is 0 Å². The van der Waals surface area contributed by atoms with E-state index < -0.39 is 28.1 Å². The summed E-state index contributed by atoms with van der Waals surface area (Å²) < 4.78 is 4.63. The first-order chi connectivity index (χ1) is 10.4. The third-order valence-corrected chi connectivity index (χ3v) is 2.84. The fourth-order valence-corrected chi connectivity index (χ4v) is 1.81. The van der Waals surface area contributed by atoms with E-state index in [0.29, 0.717) is 0 Å². The summed E-state index contributed by atoms with van der Waals surface area (Å²) in [6, 6.07) is 9.75. The lowest BCUT2D eigenvalue weighted by Crippen LogP contribution is -2.16. The molecule has 0 aliphatic heterocycles. The molecule has 0 radical (unpaired) electrons. The van der Waals surface area contributed by atoms with Crippen molar-refractivity contribution in [2.75, 3.05) is 11.5 Å². The monoisotopic (exact) mass is 301 g/mol. The smallest absolute Gasteiger partial charge is 0.353 e. The van der Waals surface area contributed by atoms with Crippen LogP contribution in [0.4, 0.5) is 17.1 Å². The first-order valence-corrected chi connectivity index (χ1v) is 6.05. The van der Waals surface area contributed by atoms with Crippen LogP contribution >= 0.6 is 0 Å². The summed E-state index contributed by atoms with van der Waals surface area (Å²) in [5.74, 6) is -2.17. The maximum absolute atomic E-state index is 12.0. The molecule has 2 aromatic carbocycles. The minimum absolute atomic E-state index is 0.0117. The molecule has 0 aromatic heterocycles. The third-order valence-electron chi connectivity index (χ3n) is 2.84. The number of para-hydroxylation sites is 2. The maximum Gasteiger partial charge on any atom is 0.353 e. The fourth-order valence-electron chi connectivity index (χ4n) is 1.81. The van der Waals surface area contributed by atoms with Gasteiger partial charge in [-0.05, 0) is 24.3 Å². The molecule has 0 unspecified atom stereocenters. The Morgan fingerprint density at radius 3 is 2.09 bits per heavy atom. The second-order valence-electron chi connectivity index (χ2n) is 4.26. The molecule has 0 bridgehead atoms. The van der Waals surface area contributed by atoms with E-state index in [0.717, 1.165) is 6.07 Å². The quantitative estimate of drug-likeness (QED) is 0.289. The van der Waals surface area contributed by atoms with Gasteiger partial charge < -0.3 is 16.2 Å². The van der Waals surface area contributed by atoms with Gasteiger partial charge >= 0.3 is 17.6 Å². The Morgan fingerprint density at radius 1 is 0.909 bits per heavy atom. The number of carbonyl (C=O) groups is 2. The summed E-state index contributed by atoms with van der Waals surface area (Å²) in [7, 11) is 0. The molecule has 8 heteroatoms. The van der Waals surface area contributed by atoms with Crippen LogP contribution in [-0.4, -0.2) is 16.9 Å². The van der Waals surface area contributed by atoms with Gasteiger partial charge in [0.1, 0.15) is 11.3 Å². The van der Waals surface area contributed by atoms with E-state index in [1.807, 2.05) is 0 Å². The third kappa shape index (κ3) is 2.85. The molecular formula is C14H11N3O5. The Kier molecular flexibility index (Phi) is 4.03. The Balaban J connectivity index is 2.31. The Bertz CT molecular complexity index is 773. The van der Waals surface area contributed by atoms with Crippen molar-refractivity contribution in [3.8, 4) is 0 Å². The fraction of sp³-hybridized carbons (Fsp3) is 0. The molecule has 0 spiro atoms. The average molecular weight is 301 g/mol. The van der Waals surface area contributed by atoms with E-state index in [2.05, 4.69) is 4.74 Å². The molecule has 0 saturated carbocycles. The van der Waals surface area contributed by atoms with Gasteiger partial charge in [0.2, 0.25) is 0 Å². The van der Waals surface area contributed by atoms with Crippen molar-refractivity contribution >= 4 is 29.0 Å². The SMILES string of the molecule is Nc1ccccc1C(=O)OC(=O)c1cccc(N)c1[N+](=O)[O-]. The maximum atomic E-state index is 12.0. The van der Waals surface area contributed by atoms with Gasteiger partial charge in [0.25, 0.3) is 0 Å². The first kappa shape index (κ1) is 15.0. The summed E-state index contributed by atoms with van der Waals surface area (Å²) in [4.78, 5) is 34.0. The van der Waals surface area contributed by atoms with Crippen LogP contribution in [0.5, 0.6) is 0 Å². The first-order valence-electron chi connectivity index (χ1n) is 6.05. The van der Waals surface area contributed by atoms with Crippen molar-refractivity contribution in [2.24, 2.45) is 0 Å². The van der Waals surface area contributed by atoms with Gasteiger partial charge in [-0.3, -0.25) is 10.1 Å². The molecule has 4 N–H and O–H groups in total. The number of ether oxygens (including phenoxy) is 1. The van der Waals surface area contributed by atoms with Crippen LogP contribution in [0, 0.1) is 10.1 Å². The Labute approximate surface area is 124 Å². The molecule has 0 amide bonds. The summed E-state index contributed by atoms with van der Waals surface area (Å²) >= 11 is 0. The predicted octanol–water partition coefficient (Wildman–Crippen LogP) is 1.76. The molecule has 0 atom stereocenters. The number of carbonyl (C=O) groups excluding carboxylic acids is 2. The van der Waals surface area contributed by atoms with Gasteiger partial charge in [0, 0.05) is 5.69 Å². The highest BCUT2D eigenvalue weighted by molar-refractivity contribution is 6.07. The van der Waals surface area contributed by atoms with Crippen LogP contribution in [0.3, 0.4) is 0 Å². The molecule has 2 rings (SSSR count). The molecule has 0 aliphatic carbocycles. The van der Waals surface area contributed by atoms with Crippen molar-refractivity contribution in [2.45, 2.75) is 0 Å². The molecule has 112 valence electrons. The Morgan fingerprint density at radius 2 is 1.45 bits per heavy atom. The van der Waals surface area contributed by atoms with Crippen LogP contribution in [0.25, 0.3) is 0 Å². The second-order valence-corrected chi connectivity index (χ2v) is 4.26. The molecule has 0 fully saturated rings. The summed E-state index contributed by atoms with van der Waals surface area (Å²) in [5.41, 5.74) is 9.96. The highest BCUT2D eigenvalue weighted by Crippen LogP contribution is 2.27. The highest BCUT2D eigenvalue weighted by atomic mass is 16.6. The number of benzene rings is 2. The molecule has 2 aromatic rings. The van der Waals surface area contributed by atoms with Gasteiger partial charge in [-0.15, -0.1) is 0 Å². The molecular weight excluding hydrogens is 290 g/mol. The number of hydrogen-bond acceptors (Lipinski definition) is 7. The zero-order chi connectivity index (χ0) is 16.3. The van der Waals surface area contributed by atoms with Gasteiger partial charge in [-0.25, -0.2) is 9.59 Å². The van der Waals surface area contributed by atoms with E-state index in [4.69, 9.17) is 11.5 Å². The number of nitrogens with two attached hydrogens (primary N) is 2. The van der Waals surface area contributed by atoms with Crippen LogP contribution < -0.4 is 11.5 Å². The van der Waals surface area contributed by atoms with Crippen LogP contribution in [0.1, 0.15) is 20.7 Å². The summed E-state index contributed by atoms with van der Waals surface area (Å²) in [5, 5.41) is 11.0. The highest BCUT2D eigenvalue weighted by Gasteiger charge is 2.26. The van der Waals surface area contributed by atoms with Crippen LogP contribution in [-0.2, 0) is 4.74 Å². The van der Waals surface area contributed by atoms with Crippen molar-refractivity contribution in [3.63, 3.8) is 0 Å². The lowest BCUT2D eigenvalue weighted by Gasteiger charge is -2.06. The van der Waals surface area contributed by atoms with Crippen molar-refractivity contribution in [1.29, 1.82) is 0 Å². The van der Waals surface area contributed by atoms with E-state index in [-0.39, 0.29) is 16.9 Å². The second kappa shape index (κ2) is 5.92. The number of nitrogen functional groups attached to an aromatic ring is 2. The average Bonchev–Trinajstić information content (AvgIpc) is 2.46. The number of esters is 2. The minimum atomic E-state index is -1.17. The number of nitro groups is 1. The molecule has 22 heavy (non-hydrogen) atoms. The van der Waals surface area contributed by atoms with E-state index in [1.54, 1.807) is 12.1 Å². The zero-order valence-corrected chi connectivity index (χ0v) is 11.2. The van der Waals surface area contributed by atoms with Crippen molar-refractivity contribution in [3.05, 3.63) is 63.7 Å². The minimum Gasteiger partial charge on any atom is -0.398 e. The van der Waals surface area contributed by atoms with E-state index >= 15 is 0 Å². The van der Waals surface area contributed by atoms with E-state index in [1.165, 1.54) is 24.3 Å². The Hall–Kier alpha value is -3.42. The topological polar surface area (TPSA) is 139 Å². The summed E-state index contributed by atoms with van der Waals surface area (Å²) in [6.45, 7) is 0. The van der Waals surface area contributed by atoms with E-state index in [9.17, 15) is 19.7 Å². The molecule has 0 aliphatic rings. The standard InChI is InChI=1S/C14H11N3O5/c15-10-6-2-1-4-8(10)13(18)22-14(19)9-5-3-7-11(16)12(9)17(20)21/h1-7H,15-16H2. The van der Waals surface area contributed by atoms with Gasteiger partial charge in [-0.1, -0.05) is 18.2 Å². The number of rotatable bonds is 3. The van der Waals surface area contributed by atoms with Crippen molar-refractivity contribution in [1.82, 2.24) is 0 Å². The lowest BCUT2D eigenvalue weighted by molar-refractivity contribution is -0.384. The zero-order valence-electron chi connectivity index (χ0n) is 11.2. The largest absolute Gasteiger partial charge is 0.398 e. The van der Waals surface area contributed by atoms with Gasteiger partial charge in [0.05, 0.1) is 10.5 Å². The molecule has 0 heterocycles. The van der Waals surface area contributed by atoms with Gasteiger partial charge in [-0.2, -0.15) is 0 Å². The normalized spacial score (nSPS) is 10.0. The van der Waals surface area contributed by atoms with Crippen molar-refractivity contribution < 1.29 is 19.2 Å². The lowest BCUT2D eigenvalue weighted by atomic mass is 10.1. The predicted molar refractivity (Wildman–Crippen MR) is 78.1 cm³/mol. The number of nitrogens with zero attached hydrogens (tertiary/aromatic N) is 1. The molecule has 8 nitrogen and oxygen atoms in total. The van der Waals surface area contributed by atoms with Crippen LogP contribution in [0.15, 0.2) is 42.5 Å².